The van der Waals surface area contributed by atoms with Crippen LogP contribution in [0.1, 0.15) is 31.5 Å². The Morgan fingerprint density at radius 2 is 2.29 bits per heavy atom. The Bertz CT molecular complexity index is 442. The highest BCUT2D eigenvalue weighted by Gasteiger charge is 2.42. The van der Waals surface area contributed by atoms with Crippen molar-refractivity contribution in [2.75, 3.05) is 5.73 Å². The Balaban J connectivity index is 2.18. The van der Waals surface area contributed by atoms with Gasteiger partial charge in [0.2, 0.25) is 0 Å². The average molecular weight is 275 g/mol. The molecule has 0 aliphatic heterocycles. The van der Waals surface area contributed by atoms with Crippen LogP contribution in [0.25, 0.3) is 0 Å². The van der Waals surface area contributed by atoms with Crippen molar-refractivity contribution in [1.29, 1.82) is 0 Å². The first-order chi connectivity index (χ1) is 8.12. The van der Waals surface area contributed by atoms with Crippen molar-refractivity contribution in [2.45, 2.75) is 31.3 Å². The number of anilines is 1. The number of oxime groups is 1. The second-order valence-electron chi connectivity index (χ2n) is 3.79. The number of nitrogens with zero attached hydrogens (tertiary/aromatic N) is 3. The maximum atomic E-state index is 10.5. The molecule has 1 aromatic rings. The zero-order chi connectivity index (χ0) is 12.3. The first-order valence-corrected chi connectivity index (χ1v) is 6.28. The van der Waals surface area contributed by atoms with E-state index < -0.39 is 10.8 Å². The van der Waals surface area contributed by atoms with E-state index >= 15 is 0 Å². The largest absolute Gasteiger partial charge is 0.381 e. The lowest BCUT2D eigenvalue weighted by Crippen LogP contribution is -2.25. The van der Waals surface area contributed by atoms with Crippen LogP contribution in [-0.2, 0) is 15.2 Å². The number of nitrogen functional groups attached to an aromatic ring is 1. The van der Waals surface area contributed by atoms with Crippen molar-refractivity contribution >= 4 is 39.7 Å². The van der Waals surface area contributed by atoms with Crippen LogP contribution in [0.15, 0.2) is 5.16 Å². The molecule has 0 aromatic carbocycles. The van der Waals surface area contributed by atoms with Crippen LogP contribution in [0.3, 0.4) is 0 Å². The van der Waals surface area contributed by atoms with Crippen LogP contribution < -0.4 is 5.73 Å². The van der Waals surface area contributed by atoms with Gasteiger partial charge in [0.1, 0.15) is 6.21 Å². The van der Waals surface area contributed by atoms with Crippen LogP contribution in [0, 0.1) is 0 Å². The summed E-state index contributed by atoms with van der Waals surface area (Å²) in [5, 5.41) is 3.31. The van der Waals surface area contributed by atoms with E-state index in [0.717, 1.165) is 43.4 Å². The van der Waals surface area contributed by atoms with Crippen molar-refractivity contribution in [1.82, 2.24) is 9.36 Å². The number of carbonyl (C=O) groups is 1. The molecule has 0 radical (unpaired) electrons. The first-order valence-electron chi connectivity index (χ1n) is 5.13. The van der Waals surface area contributed by atoms with E-state index in [4.69, 9.17) is 22.2 Å². The minimum Gasteiger partial charge on any atom is -0.381 e. The molecule has 1 aliphatic rings. The monoisotopic (exact) mass is 274 g/mol. The van der Waals surface area contributed by atoms with Crippen LogP contribution in [0.2, 0.25) is 0 Å². The van der Waals surface area contributed by atoms with E-state index in [0.29, 0.717) is 11.0 Å². The maximum Gasteiger partial charge on any atom is 0.266 e. The van der Waals surface area contributed by atoms with Crippen molar-refractivity contribution < 1.29 is 9.63 Å². The maximum absolute atomic E-state index is 10.5. The van der Waals surface area contributed by atoms with Gasteiger partial charge in [0, 0.05) is 11.5 Å². The smallest absolute Gasteiger partial charge is 0.266 e. The summed E-state index contributed by atoms with van der Waals surface area (Å²) in [6, 6.07) is 0. The fourth-order valence-electron chi connectivity index (χ4n) is 1.89. The molecule has 1 fully saturated rings. The molecule has 1 aromatic heterocycles. The minimum absolute atomic E-state index is 0.396. The lowest BCUT2D eigenvalue weighted by molar-refractivity contribution is -0.106. The number of rotatable bonds is 4. The van der Waals surface area contributed by atoms with Gasteiger partial charge in [-0.2, -0.15) is 9.36 Å². The predicted octanol–water partition coefficient (Wildman–Crippen LogP) is 1.66. The second kappa shape index (κ2) is 4.97. The molecule has 1 saturated carbocycles. The molecule has 92 valence electrons. The number of hydrogen-bond donors (Lipinski definition) is 1. The topological polar surface area (TPSA) is 90.5 Å². The van der Waals surface area contributed by atoms with Gasteiger partial charge in [-0.15, -0.1) is 0 Å². The molecule has 6 nitrogen and oxygen atoms in total. The van der Waals surface area contributed by atoms with Gasteiger partial charge in [-0.05, 0) is 37.3 Å². The molecule has 0 saturated heterocycles. The van der Waals surface area contributed by atoms with Gasteiger partial charge < -0.3 is 10.6 Å². The lowest BCUT2D eigenvalue weighted by atomic mass is 10.0. The second-order valence-corrected chi connectivity index (χ2v) is 4.94. The molecular weight excluding hydrogens is 264 g/mol. The lowest BCUT2D eigenvalue weighted by Gasteiger charge is -2.22. The van der Waals surface area contributed by atoms with Crippen molar-refractivity contribution in [3.05, 3.63) is 5.82 Å². The molecular formula is C9H11ClN4O2S. The van der Waals surface area contributed by atoms with Crippen LogP contribution in [0.4, 0.5) is 5.13 Å². The van der Waals surface area contributed by atoms with Crippen LogP contribution in [-0.4, -0.2) is 20.8 Å². The summed E-state index contributed by atoms with van der Waals surface area (Å²) in [7, 11) is 0. The van der Waals surface area contributed by atoms with Gasteiger partial charge in [0.15, 0.2) is 16.6 Å². The normalized spacial score (nSPS) is 18.6. The molecule has 2 rings (SSSR count). The number of hydrogen-bond acceptors (Lipinski definition) is 7. The molecule has 17 heavy (non-hydrogen) atoms. The van der Waals surface area contributed by atoms with E-state index in [1.165, 1.54) is 0 Å². The molecule has 8 heteroatoms. The Labute approximate surface area is 107 Å². The number of aromatic nitrogens is 2. The van der Waals surface area contributed by atoms with E-state index in [1.807, 2.05) is 0 Å². The average Bonchev–Trinajstić information content (AvgIpc) is 2.87. The van der Waals surface area contributed by atoms with E-state index in [-0.39, 0.29) is 0 Å². The molecule has 2 N–H and O–H groups in total. The summed E-state index contributed by atoms with van der Waals surface area (Å²) >= 11 is 6.26. The summed E-state index contributed by atoms with van der Waals surface area (Å²) in [6.45, 7) is 0. The molecule has 0 unspecified atom stereocenters. The quantitative estimate of drug-likeness (QED) is 0.512. The van der Waals surface area contributed by atoms with Gasteiger partial charge >= 0.3 is 0 Å². The minimum atomic E-state index is -0.677. The number of nitrogens with two attached hydrogens (primary N) is 1. The molecule has 0 bridgehead atoms. The third kappa shape index (κ3) is 2.73. The van der Waals surface area contributed by atoms with Gasteiger partial charge in [-0.3, -0.25) is 4.79 Å². The van der Waals surface area contributed by atoms with Gasteiger partial charge in [0.25, 0.3) is 5.24 Å². The van der Waals surface area contributed by atoms with E-state index in [1.54, 1.807) is 0 Å². The van der Waals surface area contributed by atoms with Crippen LogP contribution >= 0.6 is 23.1 Å². The molecule has 0 atom stereocenters. The fraction of sp³-hybridized carbons (Fsp3) is 0.556. The molecule has 0 spiro atoms. The third-order valence-corrected chi connectivity index (χ3v) is 3.28. The Hall–Kier alpha value is -1.21. The standard InChI is InChI=1S/C9H11ClN4O2S/c10-6(15)5-12-16-9(3-1-2-4-9)7-13-8(11)17-14-7/h5H,1-4H2,(H2,11,13,14)/b12-5+. The summed E-state index contributed by atoms with van der Waals surface area (Å²) in [5.41, 5.74) is 4.90. The predicted molar refractivity (Wildman–Crippen MR) is 64.9 cm³/mol. The third-order valence-electron chi connectivity index (χ3n) is 2.64. The van der Waals surface area contributed by atoms with Crippen molar-refractivity contribution in [2.24, 2.45) is 5.16 Å². The van der Waals surface area contributed by atoms with Gasteiger partial charge in [-0.25, -0.2) is 0 Å². The fourth-order valence-corrected chi connectivity index (χ4v) is 2.45. The summed E-state index contributed by atoms with van der Waals surface area (Å²) in [4.78, 5) is 20.1. The molecule has 0 amide bonds. The molecule has 1 aliphatic carbocycles. The van der Waals surface area contributed by atoms with Crippen LogP contribution in [0.5, 0.6) is 0 Å². The Morgan fingerprint density at radius 3 is 2.82 bits per heavy atom. The summed E-state index contributed by atoms with van der Waals surface area (Å²) < 4.78 is 4.16. The zero-order valence-electron chi connectivity index (χ0n) is 8.93. The summed E-state index contributed by atoms with van der Waals surface area (Å²) in [5.74, 6) is 0.539. The number of halogens is 1. The van der Waals surface area contributed by atoms with Gasteiger partial charge in [0.05, 0.1) is 0 Å². The van der Waals surface area contributed by atoms with E-state index in [9.17, 15) is 4.79 Å². The molecule has 1 heterocycles. The van der Waals surface area contributed by atoms with Crippen molar-refractivity contribution in [3.8, 4) is 0 Å². The first kappa shape index (κ1) is 12.3. The Morgan fingerprint density at radius 1 is 1.59 bits per heavy atom. The number of carbonyl (C=O) groups excluding carboxylic acids is 1. The highest BCUT2D eigenvalue weighted by atomic mass is 35.5. The zero-order valence-corrected chi connectivity index (χ0v) is 10.5. The van der Waals surface area contributed by atoms with E-state index in [2.05, 4.69) is 14.5 Å². The SMILES string of the molecule is Nc1nc(C2(O/N=C/C(=O)Cl)CCCC2)ns1. The highest BCUT2D eigenvalue weighted by molar-refractivity contribution is 7.09. The Kier molecular flexibility index (Phi) is 3.58. The van der Waals surface area contributed by atoms with Crippen molar-refractivity contribution in [3.63, 3.8) is 0 Å². The highest BCUT2D eigenvalue weighted by Crippen LogP contribution is 2.41. The van der Waals surface area contributed by atoms with Gasteiger partial charge in [-0.1, -0.05) is 5.16 Å². The summed E-state index contributed by atoms with van der Waals surface area (Å²) in [6.07, 6.45) is 4.46.